The lowest BCUT2D eigenvalue weighted by Gasteiger charge is -2.41. The molecule has 2 aromatic heterocycles. The zero-order valence-electron chi connectivity index (χ0n) is 19.6. The summed E-state index contributed by atoms with van der Waals surface area (Å²) in [6.45, 7) is 6.93. The molecule has 1 saturated carbocycles. The second-order valence-electron chi connectivity index (χ2n) is 9.56. The molecule has 1 amide bonds. The summed E-state index contributed by atoms with van der Waals surface area (Å²) in [5, 5.41) is 1.29. The van der Waals surface area contributed by atoms with Crippen LogP contribution < -0.4 is 9.80 Å². The Morgan fingerprint density at radius 2 is 1.88 bits per heavy atom. The van der Waals surface area contributed by atoms with Gasteiger partial charge in [0.2, 0.25) is 5.91 Å². The van der Waals surface area contributed by atoms with Crippen LogP contribution in [0.15, 0.2) is 54.9 Å². The molecular formula is C27H35N5O. The van der Waals surface area contributed by atoms with Crippen LogP contribution in [0.5, 0.6) is 0 Å². The second kappa shape index (κ2) is 9.96. The number of fused-ring (bicyclic) bond motifs is 1. The molecule has 1 aliphatic heterocycles. The molecule has 2 fully saturated rings. The van der Waals surface area contributed by atoms with Gasteiger partial charge >= 0.3 is 0 Å². The zero-order chi connectivity index (χ0) is 22.6. The monoisotopic (exact) mass is 445 g/mol. The van der Waals surface area contributed by atoms with Crippen molar-refractivity contribution in [1.82, 2.24) is 14.9 Å². The van der Waals surface area contributed by atoms with Gasteiger partial charge in [0.25, 0.3) is 0 Å². The smallest absolute Gasteiger partial charge is 0.231 e. The van der Waals surface area contributed by atoms with E-state index in [4.69, 9.17) is 0 Å². The van der Waals surface area contributed by atoms with E-state index in [9.17, 15) is 4.79 Å². The highest BCUT2D eigenvalue weighted by Gasteiger charge is 2.30. The summed E-state index contributed by atoms with van der Waals surface area (Å²) in [5.41, 5.74) is 2.50. The predicted molar refractivity (Wildman–Crippen MR) is 135 cm³/mol. The third-order valence-electron chi connectivity index (χ3n) is 7.44. The highest BCUT2D eigenvalue weighted by molar-refractivity contribution is 5.94. The average Bonchev–Trinajstić information content (AvgIpc) is 3.37. The lowest BCUT2D eigenvalue weighted by atomic mass is 9.88. The lowest BCUT2D eigenvalue weighted by molar-refractivity contribution is -0.123. The quantitative estimate of drug-likeness (QED) is 0.598. The molecule has 1 saturated heterocycles. The molecule has 5 rings (SSSR count). The molecule has 1 aromatic carbocycles. The van der Waals surface area contributed by atoms with Gasteiger partial charge in [-0.25, -0.2) is 4.98 Å². The number of hydrogen-bond acceptors (Lipinski definition) is 4. The minimum absolute atomic E-state index is 0.145. The van der Waals surface area contributed by atoms with Crippen LogP contribution in [0.1, 0.15) is 39.0 Å². The number of pyridine rings is 1. The number of carbonyl (C=O) groups is 1. The minimum Gasteiger partial charge on any atom is -0.368 e. The van der Waals surface area contributed by atoms with Gasteiger partial charge in [-0.15, -0.1) is 0 Å². The lowest BCUT2D eigenvalue weighted by Crippen LogP contribution is -2.53. The number of amides is 1. The van der Waals surface area contributed by atoms with E-state index in [1.807, 2.05) is 29.3 Å². The number of carbonyl (C=O) groups excluding carboxylic acids is 1. The topological polar surface area (TPSA) is 55.5 Å². The molecule has 33 heavy (non-hydrogen) atoms. The Kier molecular flexibility index (Phi) is 6.63. The maximum atomic E-state index is 13.5. The standard InChI is InChI=1S/C27H35N5O/c1-21(20-32(26-12-5-6-14-29-26)27(33)22-8-3-2-4-9-22)30-16-18-31(19-17-30)25-11-7-10-24-23(25)13-15-28-24/h5-7,10-15,21-22,28H,2-4,8-9,16-20H2,1H3/t21-/m1/s1. The Bertz CT molecular complexity index is 1050. The number of nitrogens with zero attached hydrogens (tertiary/aromatic N) is 4. The summed E-state index contributed by atoms with van der Waals surface area (Å²) in [6, 6.07) is 14.8. The number of H-pyrrole nitrogens is 1. The van der Waals surface area contributed by atoms with Gasteiger partial charge in [-0.05, 0) is 50.1 Å². The highest BCUT2D eigenvalue weighted by atomic mass is 16.2. The summed E-state index contributed by atoms with van der Waals surface area (Å²) in [4.78, 5) is 28.4. The van der Waals surface area contributed by atoms with E-state index >= 15 is 0 Å². The molecule has 1 N–H and O–H groups in total. The third-order valence-corrected chi connectivity index (χ3v) is 7.44. The van der Waals surface area contributed by atoms with Gasteiger partial charge in [0.1, 0.15) is 5.82 Å². The van der Waals surface area contributed by atoms with Crippen molar-refractivity contribution in [1.29, 1.82) is 0 Å². The normalized spacial score (nSPS) is 19.0. The van der Waals surface area contributed by atoms with E-state index in [1.54, 1.807) is 6.20 Å². The van der Waals surface area contributed by atoms with Crippen molar-refractivity contribution in [2.45, 2.75) is 45.1 Å². The van der Waals surface area contributed by atoms with Crippen LogP contribution in [0.2, 0.25) is 0 Å². The summed E-state index contributed by atoms with van der Waals surface area (Å²) in [7, 11) is 0. The zero-order valence-corrected chi connectivity index (χ0v) is 19.6. The molecule has 2 aliphatic rings. The summed E-state index contributed by atoms with van der Waals surface area (Å²) < 4.78 is 0. The van der Waals surface area contributed by atoms with E-state index in [0.717, 1.165) is 57.7 Å². The van der Waals surface area contributed by atoms with Crippen molar-refractivity contribution in [3.8, 4) is 0 Å². The molecule has 3 heterocycles. The van der Waals surface area contributed by atoms with Gasteiger partial charge in [-0.1, -0.05) is 31.4 Å². The van der Waals surface area contributed by atoms with E-state index in [-0.39, 0.29) is 17.9 Å². The Hall–Kier alpha value is -2.86. The van der Waals surface area contributed by atoms with Gasteiger partial charge in [-0.2, -0.15) is 0 Å². The summed E-state index contributed by atoms with van der Waals surface area (Å²) in [6.07, 6.45) is 9.42. The fourth-order valence-electron chi connectivity index (χ4n) is 5.51. The maximum Gasteiger partial charge on any atom is 0.231 e. The fraction of sp³-hybridized carbons (Fsp3) is 0.481. The number of piperazine rings is 1. The number of hydrogen-bond donors (Lipinski definition) is 1. The van der Waals surface area contributed by atoms with E-state index < -0.39 is 0 Å². The molecule has 0 unspecified atom stereocenters. The molecular weight excluding hydrogens is 410 g/mol. The fourth-order valence-corrected chi connectivity index (χ4v) is 5.51. The van der Waals surface area contributed by atoms with Crippen molar-refractivity contribution in [3.05, 3.63) is 54.9 Å². The van der Waals surface area contributed by atoms with E-state index in [1.165, 1.54) is 23.0 Å². The van der Waals surface area contributed by atoms with Gasteiger partial charge in [0.15, 0.2) is 0 Å². The highest BCUT2D eigenvalue weighted by Crippen LogP contribution is 2.29. The molecule has 3 aromatic rings. The Balaban J connectivity index is 1.25. The third kappa shape index (κ3) is 4.76. The maximum absolute atomic E-state index is 13.5. The van der Waals surface area contributed by atoms with Crippen LogP contribution in [0.4, 0.5) is 11.5 Å². The molecule has 0 bridgehead atoms. The van der Waals surface area contributed by atoms with Crippen LogP contribution >= 0.6 is 0 Å². The van der Waals surface area contributed by atoms with Crippen LogP contribution in [-0.4, -0.2) is 59.5 Å². The van der Waals surface area contributed by atoms with Gasteiger partial charge in [0, 0.05) is 73.7 Å². The second-order valence-corrected chi connectivity index (χ2v) is 9.56. The number of anilines is 2. The SMILES string of the molecule is C[C@H](CN(C(=O)C1CCCCC1)c1ccccn1)N1CCN(c2cccc3[nH]ccc23)CC1. The van der Waals surface area contributed by atoms with Crippen molar-refractivity contribution in [2.24, 2.45) is 5.92 Å². The van der Waals surface area contributed by atoms with Crippen LogP contribution in [0.3, 0.4) is 0 Å². The van der Waals surface area contributed by atoms with Crippen LogP contribution in [0, 0.1) is 5.92 Å². The number of rotatable bonds is 6. The van der Waals surface area contributed by atoms with E-state index in [0.29, 0.717) is 6.54 Å². The molecule has 174 valence electrons. The predicted octanol–water partition coefficient (Wildman–Crippen LogP) is 4.69. The van der Waals surface area contributed by atoms with Crippen LogP contribution in [-0.2, 0) is 4.79 Å². The first-order valence-electron chi connectivity index (χ1n) is 12.5. The van der Waals surface area contributed by atoms with Gasteiger partial charge in [0.05, 0.1) is 0 Å². The van der Waals surface area contributed by atoms with Gasteiger partial charge < -0.3 is 9.88 Å². The largest absolute Gasteiger partial charge is 0.368 e. The van der Waals surface area contributed by atoms with Crippen LogP contribution in [0.25, 0.3) is 10.9 Å². The first-order valence-corrected chi connectivity index (χ1v) is 12.5. The first kappa shape index (κ1) is 22.0. The number of nitrogens with one attached hydrogen (secondary N) is 1. The van der Waals surface area contributed by atoms with E-state index in [2.05, 4.69) is 51.0 Å². The average molecular weight is 446 g/mol. The van der Waals surface area contributed by atoms with Gasteiger partial charge in [-0.3, -0.25) is 14.6 Å². The number of benzene rings is 1. The molecule has 1 atom stereocenters. The molecule has 0 radical (unpaired) electrons. The van der Waals surface area contributed by atoms with Crippen molar-refractivity contribution in [2.75, 3.05) is 42.5 Å². The first-order chi connectivity index (χ1) is 16.2. The van der Waals surface area contributed by atoms with Crippen molar-refractivity contribution >= 4 is 28.3 Å². The number of aromatic nitrogens is 2. The molecule has 1 aliphatic carbocycles. The minimum atomic E-state index is 0.145. The Labute approximate surface area is 196 Å². The number of aromatic amines is 1. The Morgan fingerprint density at radius 3 is 2.64 bits per heavy atom. The molecule has 6 nitrogen and oxygen atoms in total. The molecule has 0 spiro atoms. The van der Waals surface area contributed by atoms with Crippen molar-refractivity contribution < 1.29 is 4.79 Å². The van der Waals surface area contributed by atoms with Crippen molar-refractivity contribution in [3.63, 3.8) is 0 Å². The molecule has 6 heteroatoms. The Morgan fingerprint density at radius 1 is 1.06 bits per heavy atom. The summed E-state index contributed by atoms with van der Waals surface area (Å²) in [5.74, 6) is 1.20. The summed E-state index contributed by atoms with van der Waals surface area (Å²) >= 11 is 0.